The molecule has 3 aliphatic rings. The lowest BCUT2D eigenvalue weighted by atomic mass is 9.85. The Morgan fingerprint density at radius 1 is 1.10 bits per heavy atom. The third-order valence-electron chi connectivity index (χ3n) is 13.5. The number of pyridine rings is 2. The molecule has 3 aromatic heterocycles. The van der Waals surface area contributed by atoms with Crippen LogP contribution in [0.5, 0.6) is 0 Å². The molecule has 15 nitrogen and oxygen atoms in total. The van der Waals surface area contributed by atoms with Crippen molar-refractivity contribution < 1.29 is 59.8 Å². The zero-order chi connectivity index (χ0) is 52.6. The lowest BCUT2D eigenvalue weighted by Gasteiger charge is -2.37. The molecule has 0 radical (unpaired) electrons. The number of fused-ring (bicyclic) bond motifs is 6. The average Bonchev–Trinajstić information content (AvgIpc) is 3.88. The SMILES string of the molecule is C=CC(=O)N1CC[C@](F)(C(=O)N(C)[C@H](C(=O)N[C@H]2Cc3cc(cc(C(F)F)c3)-c3ccc4c(n3)c(c(-c3cccnc3[C@H](C)OC)n4CC(F)(F)F)CC(C)(C)COC(=O)[C@@H]3CCCN(N3)C2=O)C(C)C)C1. The maximum Gasteiger partial charge on any atom is 0.406 e. The highest BCUT2D eigenvalue weighted by Gasteiger charge is 2.50. The lowest BCUT2D eigenvalue weighted by Crippen LogP contribution is -2.62. The number of hydrazine groups is 1. The Labute approximate surface area is 413 Å². The fourth-order valence-electron chi connectivity index (χ4n) is 9.96. The van der Waals surface area contributed by atoms with Gasteiger partial charge in [0.1, 0.15) is 24.7 Å². The Hall–Kier alpha value is -6.35. The zero-order valence-corrected chi connectivity index (χ0v) is 41.2. The van der Waals surface area contributed by atoms with Gasteiger partial charge >= 0.3 is 12.1 Å². The highest BCUT2D eigenvalue weighted by molar-refractivity contribution is 5.96. The largest absolute Gasteiger partial charge is 0.464 e. The molecule has 4 aromatic rings. The molecule has 0 saturated carbocycles. The van der Waals surface area contributed by atoms with Crippen LogP contribution in [0.3, 0.4) is 0 Å². The summed E-state index contributed by atoms with van der Waals surface area (Å²) in [5.41, 5.74) is 0.600. The van der Waals surface area contributed by atoms with Crippen molar-refractivity contribution in [2.24, 2.45) is 11.3 Å². The monoisotopic (exact) mass is 1010 g/mol. The number of ether oxygens (including phenoxy) is 2. The molecule has 72 heavy (non-hydrogen) atoms. The summed E-state index contributed by atoms with van der Waals surface area (Å²) >= 11 is 0. The van der Waals surface area contributed by atoms with Gasteiger partial charge < -0.3 is 29.2 Å². The quantitative estimate of drug-likeness (QED) is 0.0889. The predicted octanol–water partition coefficient (Wildman–Crippen LogP) is 7.23. The number of alkyl halides is 6. The molecule has 1 aromatic carbocycles. The van der Waals surface area contributed by atoms with Gasteiger partial charge in [0.25, 0.3) is 18.2 Å². The van der Waals surface area contributed by atoms with E-state index in [0.717, 1.165) is 31.5 Å². The number of nitrogens with zero attached hydrogens (tertiary/aromatic N) is 6. The molecule has 21 heteroatoms. The summed E-state index contributed by atoms with van der Waals surface area (Å²) in [7, 11) is 2.69. The molecule has 6 heterocycles. The van der Waals surface area contributed by atoms with E-state index in [2.05, 4.69) is 22.3 Å². The molecule has 0 spiro atoms. The minimum absolute atomic E-state index is 0.00737. The van der Waals surface area contributed by atoms with Crippen LogP contribution in [0.15, 0.2) is 61.3 Å². The molecule has 0 aliphatic carbocycles. The summed E-state index contributed by atoms with van der Waals surface area (Å²) in [5, 5.41) is 3.86. The third-order valence-corrected chi connectivity index (χ3v) is 13.5. The molecule has 6 bridgehead atoms. The fraction of sp³-hybridized carbons (Fsp3) is 0.510. The Balaban J connectivity index is 1.38. The van der Waals surface area contributed by atoms with Crippen molar-refractivity contribution in [1.82, 2.24) is 40.1 Å². The minimum Gasteiger partial charge on any atom is -0.464 e. The molecule has 0 unspecified atom stereocenters. The van der Waals surface area contributed by atoms with Crippen LogP contribution >= 0.6 is 0 Å². The molecule has 5 atom stereocenters. The number of likely N-dealkylation sites (N-methyl/N-ethyl adjacent to an activating group) is 1. The zero-order valence-electron chi connectivity index (χ0n) is 41.2. The normalized spacial score (nSPS) is 21.6. The molecular formula is C51H60F6N8O7. The van der Waals surface area contributed by atoms with Crippen LogP contribution in [0.1, 0.15) is 88.8 Å². The summed E-state index contributed by atoms with van der Waals surface area (Å²) in [6.45, 7) is 9.64. The van der Waals surface area contributed by atoms with Crippen molar-refractivity contribution in [3.8, 4) is 22.5 Å². The number of carbonyl (C=O) groups excluding carboxylic acids is 5. The van der Waals surface area contributed by atoms with E-state index in [1.165, 1.54) is 44.6 Å². The lowest BCUT2D eigenvalue weighted by molar-refractivity contribution is -0.155. The van der Waals surface area contributed by atoms with Gasteiger partial charge in [-0.2, -0.15) is 13.2 Å². The molecule has 2 N–H and O–H groups in total. The van der Waals surface area contributed by atoms with E-state index in [9.17, 15) is 45.9 Å². The van der Waals surface area contributed by atoms with Crippen molar-refractivity contribution in [3.05, 3.63) is 83.7 Å². The molecule has 4 amide bonds. The maximum absolute atomic E-state index is 16.3. The van der Waals surface area contributed by atoms with Crippen LogP contribution in [0, 0.1) is 11.3 Å². The molecule has 3 aliphatic heterocycles. The number of halogens is 6. The summed E-state index contributed by atoms with van der Waals surface area (Å²) in [6.07, 6.45) is -6.17. The van der Waals surface area contributed by atoms with Gasteiger partial charge in [0, 0.05) is 74.0 Å². The van der Waals surface area contributed by atoms with Gasteiger partial charge in [-0.3, -0.25) is 34.0 Å². The van der Waals surface area contributed by atoms with Gasteiger partial charge in [0.15, 0.2) is 0 Å². The van der Waals surface area contributed by atoms with Gasteiger partial charge in [-0.15, -0.1) is 0 Å². The van der Waals surface area contributed by atoms with E-state index < -0.39 is 109 Å². The van der Waals surface area contributed by atoms with E-state index >= 15 is 4.39 Å². The van der Waals surface area contributed by atoms with Gasteiger partial charge in [0.2, 0.25) is 17.5 Å². The van der Waals surface area contributed by atoms with Crippen molar-refractivity contribution in [2.45, 2.75) is 116 Å². The number of benzene rings is 1. The number of likely N-dealkylation sites (tertiary alicyclic amines) is 1. The topological polar surface area (TPSA) is 168 Å². The van der Waals surface area contributed by atoms with Crippen LogP contribution < -0.4 is 10.7 Å². The van der Waals surface area contributed by atoms with Crippen LogP contribution in [0.4, 0.5) is 26.3 Å². The highest BCUT2D eigenvalue weighted by Crippen LogP contribution is 2.42. The fourth-order valence-corrected chi connectivity index (χ4v) is 9.96. The van der Waals surface area contributed by atoms with Crippen molar-refractivity contribution in [1.29, 1.82) is 0 Å². The second-order valence-electron chi connectivity index (χ2n) is 20.0. The minimum atomic E-state index is -4.73. The van der Waals surface area contributed by atoms with Crippen LogP contribution in [0.2, 0.25) is 0 Å². The van der Waals surface area contributed by atoms with Crippen molar-refractivity contribution in [3.63, 3.8) is 0 Å². The average molecular weight is 1010 g/mol. The number of esters is 1. The number of aromatic nitrogens is 3. The first-order valence-electron chi connectivity index (χ1n) is 23.8. The third kappa shape index (κ3) is 11.3. The molecule has 2 saturated heterocycles. The number of nitrogens with one attached hydrogen (secondary N) is 2. The Kier molecular flexibility index (Phi) is 15.6. The van der Waals surface area contributed by atoms with Crippen LogP contribution in [-0.2, 0) is 52.8 Å². The predicted molar refractivity (Wildman–Crippen MR) is 253 cm³/mol. The number of hydrogen-bond donors (Lipinski definition) is 2. The van der Waals surface area contributed by atoms with Crippen molar-refractivity contribution >= 4 is 40.6 Å². The first kappa shape index (κ1) is 53.4. The van der Waals surface area contributed by atoms with Crippen molar-refractivity contribution in [2.75, 3.05) is 40.4 Å². The van der Waals surface area contributed by atoms with Gasteiger partial charge in [-0.1, -0.05) is 40.3 Å². The molecule has 2 fully saturated rings. The maximum atomic E-state index is 16.3. The van der Waals surface area contributed by atoms with E-state index in [1.807, 2.05) is 0 Å². The van der Waals surface area contributed by atoms with E-state index in [-0.39, 0.29) is 72.5 Å². The van der Waals surface area contributed by atoms with E-state index in [1.54, 1.807) is 46.8 Å². The summed E-state index contributed by atoms with van der Waals surface area (Å²) < 4.78 is 103. The molecular weight excluding hydrogens is 951 g/mol. The van der Waals surface area contributed by atoms with Crippen LogP contribution in [0.25, 0.3) is 33.5 Å². The van der Waals surface area contributed by atoms with Crippen LogP contribution in [-0.4, -0.2) is 129 Å². The van der Waals surface area contributed by atoms with Gasteiger partial charge in [-0.25, -0.2) is 23.6 Å². The molecule has 388 valence electrons. The summed E-state index contributed by atoms with van der Waals surface area (Å²) in [5.74, 6) is -4.68. The van der Waals surface area contributed by atoms with E-state index in [4.69, 9.17) is 14.5 Å². The van der Waals surface area contributed by atoms with E-state index in [0.29, 0.717) is 23.2 Å². The van der Waals surface area contributed by atoms with Gasteiger partial charge in [-0.05, 0) is 80.1 Å². The number of rotatable bonds is 11. The first-order valence-corrected chi connectivity index (χ1v) is 23.8. The Morgan fingerprint density at radius 3 is 2.50 bits per heavy atom. The second-order valence-corrected chi connectivity index (χ2v) is 20.0. The first-order chi connectivity index (χ1) is 33.8. The number of cyclic esters (lactones) is 1. The Morgan fingerprint density at radius 2 is 1.83 bits per heavy atom. The number of methoxy groups -OCH3 is 1. The highest BCUT2D eigenvalue weighted by atomic mass is 19.4. The smallest absolute Gasteiger partial charge is 0.406 e. The van der Waals surface area contributed by atoms with Gasteiger partial charge in [0.05, 0.1) is 47.4 Å². The molecule has 7 rings (SSSR count). The Bertz CT molecular complexity index is 2750. The number of hydrogen-bond acceptors (Lipinski definition) is 10. The second kappa shape index (κ2) is 21.0. The summed E-state index contributed by atoms with van der Waals surface area (Å²) in [6, 6.07) is 5.94. The summed E-state index contributed by atoms with van der Waals surface area (Å²) in [4.78, 5) is 80.8. The number of carbonyl (C=O) groups is 5. The number of amides is 4. The standard InChI is InChI=1S/C51H60F6N8O7/c1-9-39(66)63-19-16-50(54,25-63)48(70)62(7)42(28(2)3)45(67)60-37-22-30-20-31(23-32(21-30)44(52)53)35-14-15-38-41(59-35)34(24-49(5,6)27-72-47(69)36-13-11-18-65(61-36)46(37)68)43(64(38)26-51(55,56)57)33-12-10-17-58-40(33)29(4)71-8/h9-10,12,14-15,17,20-21,23,28-29,36-37,42,44,61H,1,11,13,16,18-19,22,24-27H2,2-8H3,(H,60,67)/t29-,36-,37-,42-,50+/m0/s1.